The third kappa shape index (κ3) is 7.28. The minimum Gasteiger partial charge on any atom is -0.507 e. The maximum Gasteiger partial charge on any atom is 0.173 e. The molecule has 0 atom stereocenters. The summed E-state index contributed by atoms with van der Waals surface area (Å²) >= 11 is 0. The number of carbonyl (C=O) groups excluding carboxylic acids is 1. The van der Waals surface area contributed by atoms with E-state index >= 15 is 0 Å². The molecular formula is C35H32O2. The van der Waals surface area contributed by atoms with E-state index in [-0.39, 0.29) is 11.5 Å². The van der Waals surface area contributed by atoms with Crippen molar-refractivity contribution < 1.29 is 9.90 Å². The lowest BCUT2D eigenvalue weighted by Crippen LogP contribution is -2.30. The number of aromatic hydroxyl groups is 1. The van der Waals surface area contributed by atoms with Crippen molar-refractivity contribution in [3.05, 3.63) is 156 Å². The molecule has 0 unspecified atom stereocenters. The zero-order chi connectivity index (χ0) is 25.8. The Morgan fingerprint density at radius 3 is 1.27 bits per heavy atom. The van der Waals surface area contributed by atoms with Crippen LogP contribution in [0.25, 0.3) is 18.2 Å². The number of hydrogen-bond acceptors (Lipinski definition) is 2. The molecule has 0 radical (unpaired) electrons. The van der Waals surface area contributed by atoms with E-state index in [1.165, 1.54) is 0 Å². The number of allylic oxidation sites excluding steroid dienone is 3. The van der Waals surface area contributed by atoms with E-state index in [1.54, 1.807) is 24.3 Å². The first-order valence-corrected chi connectivity index (χ1v) is 12.6. The summed E-state index contributed by atoms with van der Waals surface area (Å²) in [6, 6.07) is 37.1. The largest absolute Gasteiger partial charge is 0.507 e. The molecule has 2 nitrogen and oxygen atoms in total. The van der Waals surface area contributed by atoms with Crippen LogP contribution in [0.2, 0.25) is 0 Å². The van der Waals surface area contributed by atoms with E-state index in [0.717, 1.165) is 16.7 Å². The van der Waals surface area contributed by atoms with Crippen molar-refractivity contribution in [3.8, 4) is 5.75 Å². The smallest absolute Gasteiger partial charge is 0.173 e. The van der Waals surface area contributed by atoms with Gasteiger partial charge in [-0.1, -0.05) is 140 Å². The third-order valence-electron chi connectivity index (χ3n) is 6.49. The number of ketones is 1. The Labute approximate surface area is 220 Å². The Hall–Kier alpha value is -4.43. The van der Waals surface area contributed by atoms with Crippen LogP contribution in [-0.4, -0.2) is 10.9 Å². The Morgan fingerprint density at radius 1 is 0.541 bits per heavy atom. The van der Waals surface area contributed by atoms with Gasteiger partial charge in [0.05, 0.1) is 5.56 Å². The van der Waals surface area contributed by atoms with Crippen LogP contribution in [0.1, 0.15) is 46.3 Å². The fourth-order valence-corrected chi connectivity index (χ4v) is 4.43. The number of carbonyl (C=O) groups is 1. The normalized spacial score (nSPS) is 12.0. The average Bonchev–Trinajstić information content (AvgIpc) is 2.94. The molecule has 0 aliphatic heterocycles. The molecule has 0 aromatic heterocycles. The van der Waals surface area contributed by atoms with Crippen LogP contribution in [0.3, 0.4) is 0 Å². The summed E-state index contributed by atoms with van der Waals surface area (Å²) in [6.07, 6.45) is 14.0. The highest BCUT2D eigenvalue weighted by Crippen LogP contribution is 2.39. The van der Waals surface area contributed by atoms with Gasteiger partial charge < -0.3 is 5.11 Å². The minimum atomic E-state index is -0.763. The second-order valence-electron chi connectivity index (χ2n) is 9.18. The molecule has 184 valence electrons. The molecule has 1 N–H and O–H groups in total. The highest BCUT2D eigenvalue weighted by Gasteiger charge is 2.37. The van der Waals surface area contributed by atoms with E-state index in [1.807, 2.05) is 91.0 Å². The van der Waals surface area contributed by atoms with Gasteiger partial charge in [-0.15, -0.1) is 0 Å². The lowest BCUT2D eigenvalue weighted by Gasteiger charge is -2.30. The maximum absolute atomic E-state index is 14.2. The van der Waals surface area contributed by atoms with Crippen LogP contribution >= 0.6 is 0 Å². The van der Waals surface area contributed by atoms with Gasteiger partial charge >= 0.3 is 0 Å². The van der Waals surface area contributed by atoms with Gasteiger partial charge in [-0.05, 0) is 48.1 Å². The first-order chi connectivity index (χ1) is 18.2. The number of benzene rings is 4. The first-order valence-electron chi connectivity index (χ1n) is 12.6. The highest BCUT2D eigenvalue weighted by atomic mass is 16.3. The topological polar surface area (TPSA) is 37.3 Å². The number of rotatable bonds is 11. The molecule has 0 saturated heterocycles. The van der Waals surface area contributed by atoms with Crippen LogP contribution in [0.15, 0.2) is 133 Å². The molecule has 0 saturated carbocycles. The molecule has 0 fully saturated rings. The summed E-state index contributed by atoms with van der Waals surface area (Å²) in [5, 5.41) is 10.6. The molecule has 4 rings (SSSR count). The quantitative estimate of drug-likeness (QED) is 0.216. The van der Waals surface area contributed by atoms with Crippen molar-refractivity contribution in [3.63, 3.8) is 0 Å². The van der Waals surface area contributed by atoms with E-state index in [0.29, 0.717) is 24.8 Å². The Kier molecular flexibility index (Phi) is 9.04. The molecule has 0 spiro atoms. The molecule has 37 heavy (non-hydrogen) atoms. The lowest BCUT2D eigenvalue weighted by molar-refractivity contribution is 0.0797. The van der Waals surface area contributed by atoms with Gasteiger partial charge in [-0.2, -0.15) is 0 Å². The molecule has 4 aromatic carbocycles. The molecule has 0 bridgehead atoms. The van der Waals surface area contributed by atoms with E-state index < -0.39 is 5.41 Å². The monoisotopic (exact) mass is 484 g/mol. The summed E-state index contributed by atoms with van der Waals surface area (Å²) in [7, 11) is 0. The molecule has 0 amide bonds. The number of phenols is 1. The van der Waals surface area contributed by atoms with Crippen LogP contribution in [0.4, 0.5) is 0 Å². The van der Waals surface area contributed by atoms with Gasteiger partial charge in [0.25, 0.3) is 0 Å². The van der Waals surface area contributed by atoms with Crippen LogP contribution in [0, 0.1) is 5.41 Å². The summed E-state index contributed by atoms with van der Waals surface area (Å²) in [6.45, 7) is 0. The Morgan fingerprint density at radius 2 is 0.892 bits per heavy atom. The molecule has 2 heteroatoms. The van der Waals surface area contributed by atoms with E-state index in [4.69, 9.17) is 0 Å². The lowest BCUT2D eigenvalue weighted by atomic mass is 9.71. The molecular weight excluding hydrogens is 452 g/mol. The fraction of sp³-hybridized carbons (Fsp3) is 0.114. The molecule has 0 heterocycles. The van der Waals surface area contributed by atoms with Gasteiger partial charge in [0.1, 0.15) is 5.75 Å². The standard InChI is InChI=1S/C35H32O2/c36-33-25-11-10-24-32(33)34(37)35(26-12-21-29-15-4-1-5-16-29,27-13-22-30-17-6-2-7-18-30)28-14-23-31-19-8-3-9-20-31/h1-25,36H,26-28H2/b21-12-,22-13+,23-14+. The second kappa shape index (κ2) is 13.0. The van der Waals surface area contributed by atoms with Gasteiger partial charge in [0.15, 0.2) is 5.78 Å². The summed E-state index contributed by atoms with van der Waals surface area (Å²) in [5.74, 6) is -0.0401. The third-order valence-corrected chi connectivity index (χ3v) is 6.49. The van der Waals surface area contributed by atoms with Crippen LogP contribution in [0.5, 0.6) is 5.75 Å². The fourth-order valence-electron chi connectivity index (χ4n) is 4.43. The Balaban J connectivity index is 1.71. The van der Waals surface area contributed by atoms with Gasteiger partial charge in [0, 0.05) is 5.41 Å². The van der Waals surface area contributed by atoms with Gasteiger partial charge in [0.2, 0.25) is 0 Å². The van der Waals surface area contributed by atoms with Crippen molar-refractivity contribution >= 4 is 24.0 Å². The van der Waals surface area contributed by atoms with Crippen molar-refractivity contribution in [1.29, 1.82) is 0 Å². The number of phenolic OH excluding ortho intramolecular Hbond substituents is 1. The first kappa shape index (κ1) is 25.7. The number of para-hydroxylation sites is 1. The molecule has 4 aromatic rings. The van der Waals surface area contributed by atoms with Crippen LogP contribution in [-0.2, 0) is 0 Å². The average molecular weight is 485 g/mol. The van der Waals surface area contributed by atoms with E-state index in [9.17, 15) is 9.90 Å². The zero-order valence-corrected chi connectivity index (χ0v) is 20.9. The maximum atomic E-state index is 14.2. The Bertz CT molecular complexity index is 1230. The second-order valence-corrected chi connectivity index (χ2v) is 9.18. The molecule has 0 aliphatic rings. The predicted molar refractivity (Wildman–Crippen MR) is 155 cm³/mol. The van der Waals surface area contributed by atoms with Crippen LogP contribution < -0.4 is 0 Å². The van der Waals surface area contributed by atoms with Crippen molar-refractivity contribution in [2.24, 2.45) is 5.41 Å². The number of Topliss-reactive ketones (excluding diaryl/α,β-unsaturated/α-hetero) is 1. The van der Waals surface area contributed by atoms with Gasteiger partial charge in [-0.3, -0.25) is 4.79 Å². The minimum absolute atomic E-state index is 0.0167. The summed E-state index contributed by atoms with van der Waals surface area (Å²) < 4.78 is 0. The van der Waals surface area contributed by atoms with Crippen molar-refractivity contribution in [2.75, 3.05) is 0 Å². The highest BCUT2D eigenvalue weighted by molar-refractivity contribution is 6.03. The van der Waals surface area contributed by atoms with Crippen molar-refractivity contribution in [1.82, 2.24) is 0 Å². The van der Waals surface area contributed by atoms with E-state index in [2.05, 4.69) is 36.5 Å². The summed E-state index contributed by atoms with van der Waals surface area (Å²) in [5.41, 5.74) is 2.86. The zero-order valence-electron chi connectivity index (χ0n) is 20.9. The summed E-state index contributed by atoms with van der Waals surface area (Å²) in [4.78, 5) is 14.2. The molecule has 0 aliphatic carbocycles. The predicted octanol–water partition coefficient (Wildman–Crippen LogP) is 8.87. The SMILES string of the molecule is O=C(c1ccccc1O)C(C/C=C\c1ccccc1)(C/C=C/c1ccccc1)C/C=C/c1ccccc1. The van der Waals surface area contributed by atoms with Gasteiger partial charge in [-0.25, -0.2) is 0 Å². The number of hydrogen-bond donors (Lipinski definition) is 1. The van der Waals surface area contributed by atoms with Crippen molar-refractivity contribution in [2.45, 2.75) is 19.3 Å².